The van der Waals surface area contributed by atoms with Gasteiger partial charge in [-0.1, -0.05) is 42.5 Å². The number of alkyl halides is 3. The average Bonchev–Trinajstić information content (AvgIpc) is 3.12. The van der Waals surface area contributed by atoms with Crippen LogP contribution in [0.2, 0.25) is 0 Å². The lowest BCUT2D eigenvalue weighted by atomic mass is 9.88. The van der Waals surface area contributed by atoms with Gasteiger partial charge in [0.15, 0.2) is 0 Å². The number of allylic oxidation sites excluding steroid dienone is 2. The number of nitriles is 1. The maximum atomic E-state index is 14.1. The zero-order chi connectivity index (χ0) is 20.2. The third-order valence-corrected chi connectivity index (χ3v) is 5.81. The van der Waals surface area contributed by atoms with Crippen LogP contribution in [0.1, 0.15) is 30.0 Å². The van der Waals surface area contributed by atoms with Gasteiger partial charge in [0.1, 0.15) is 17.4 Å². The van der Waals surface area contributed by atoms with Crippen molar-refractivity contribution in [2.45, 2.75) is 25.1 Å². The number of rotatable bonds is 1. The SMILES string of the molecule is N#Cc1c(-c2ccccc2)cc(C(F)(F)F)c2c3n(nc12)[C@H]1C=CCC[C@H]1CN3. The summed E-state index contributed by atoms with van der Waals surface area (Å²) in [6.07, 6.45) is 1.40. The zero-order valence-electron chi connectivity index (χ0n) is 15.4. The fraction of sp³-hybridized carbons (Fsp3) is 0.273. The van der Waals surface area contributed by atoms with Crippen molar-refractivity contribution in [2.75, 3.05) is 11.9 Å². The molecule has 7 heteroatoms. The molecule has 0 fully saturated rings. The van der Waals surface area contributed by atoms with Gasteiger partial charge in [-0.2, -0.15) is 23.5 Å². The number of benzene rings is 2. The van der Waals surface area contributed by atoms with E-state index >= 15 is 0 Å². The van der Waals surface area contributed by atoms with Crippen LogP contribution in [0.3, 0.4) is 0 Å². The number of nitrogens with zero attached hydrogens (tertiary/aromatic N) is 3. The number of hydrogen-bond acceptors (Lipinski definition) is 3. The summed E-state index contributed by atoms with van der Waals surface area (Å²) in [6, 6.07) is 11.8. The molecule has 1 aromatic heterocycles. The van der Waals surface area contributed by atoms with Crippen molar-refractivity contribution >= 4 is 16.7 Å². The van der Waals surface area contributed by atoms with E-state index in [0.717, 1.165) is 18.9 Å². The van der Waals surface area contributed by atoms with Gasteiger partial charge < -0.3 is 5.32 Å². The minimum Gasteiger partial charge on any atom is -0.369 e. The summed E-state index contributed by atoms with van der Waals surface area (Å²) in [4.78, 5) is 0. The van der Waals surface area contributed by atoms with E-state index < -0.39 is 11.7 Å². The molecule has 0 saturated carbocycles. The monoisotopic (exact) mass is 394 g/mol. The van der Waals surface area contributed by atoms with E-state index in [1.807, 2.05) is 12.2 Å². The lowest BCUT2D eigenvalue weighted by Crippen LogP contribution is -2.33. The highest BCUT2D eigenvalue weighted by molar-refractivity contribution is 6.01. The van der Waals surface area contributed by atoms with Crippen LogP contribution in [0.5, 0.6) is 0 Å². The second-order valence-electron chi connectivity index (χ2n) is 7.48. The summed E-state index contributed by atoms with van der Waals surface area (Å²) < 4.78 is 43.8. The number of fused-ring (bicyclic) bond motifs is 5. The minimum atomic E-state index is -4.57. The molecule has 0 unspecified atom stereocenters. The molecule has 146 valence electrons. The fourth-order valence-electron chi connectivity index (χ4n) is 4.45. The van der Waals surface area contributed by atoms with Gasteiger partial charge in [-0.05, 0) is 24.5 Å². The molecule has 0 radical (unpaired) electrons. The standard InChI is InChI=1S/C22H17F3N4/c23-22(24,25)17-10-15(13-6-2-1-3-7-13)16(11-26)20-19(17)21-27-12-14-8-4-5-9-18(14)29(21)28-20/h1-3,5-7,9-10,14,18,27H,4,8,12H2/t14-,18-/m0/s1. The number of hydrogen-bond donors (Lipinski definition) is 1. The van der Waals surface area contributed by atoms with E-state index in [4.69, 9.17) is 0 Å². The molecule has 0 amide bonds. The highest BCUT2D eigenvalue weighted by atomic mass is 19.4. The Kier molecular flexibility index (Phi) is 3.91. The maximum Gasteiger partial charge on any atom is 0.417 e. The van der Waals surface area contributed by atoms with Gasteiger partial charge in [0.2, 0.25) is 0 Å². The summed E-state index contributed by atoms with van der Waals surface area (Å²) in [5.74, 6) is 0.617. The molecule has 2 heterocycles. The van der Waals surface area contributed by atoms with E-state index in [1.165, 1.54) is 0 Å². The predicted octanol–water partition coefficient (Wildman–Crippen LogP) is 5.53. The van der Waals surface area contributed by atoms with E-state index in [9.17, 15) is 18.4 Å². The van der Waals surface area contributed by atoms with E-state index in [1.54, 1.807) is 35.0 Å². The van der Waals surface area contributed by atoms with Crippen LogP contribution in [0.25, 0.3) is 22.0 Å². The number of halogens is 3. The van der Waals surface area contributed by atoms with Gasteiger partial charge in [-0.15, -0.1) is 0 Å². The molecule has 0 saturated heterocycles. The molecule has 2 atom stereocenters. The van der Waals surface area contributed by atoms with Gasteiger partial charge in [-0.25, -0.2) is 4.68 Å². The van der Waals surface area contributed by atoms with Crippen LogP contribution in [0, 0.1) is 17.2 Å². The van der Waals surface area contributed by atoms with Crippen molar-refractivity contribution in [3.05, 3.63) is 59.7 Å². The molecule has 0 bridgehead atoms. The molecule has 0 spiro atoms. The van der Waals surface area contributed by atoms with Crippen LogP contribution >= 0.6 is 0 Å². The van der Waals surface area contributed by atoms with Crippen LogP contribution < -0.4 is 5.32 Å². The molecule has 1 N–H and O–H groups in total. The molecule has 2 aliphatic rings. The molecular weight excluding hydrogens is 377 g/mol. The Morgan fingerprint density at radius 2 is 2.00 bits per heavy atom. The van der Waals surface area contributed by atoms with Crippen molar-refractivity contribution in [1.29, 1.82) is 5.26 Å². The van der Waals surface area contributed by atoms with Gasteiger partial charge >= 0.3 is 6.18 Å². The predicted molar refractivity (Wildman–Crippen MR) is 104 cm³/mol. The Bertz CT molecular complexity index is 1170. The highest BCUT2D eigenvalue weighted by Crippen LogP contribution is 2.46. The summed E-state index contributed by atoms with van der Waals surface area (Å²) in [6.45, 7) is 0.593. The molecular formula is C22H17F3N4. The molecule has 2 aromatic carbocycles. The van der Waals surface area contributed by atoms with Gasteiger partial charge in [-0.3, -0.25) is 0 Å². The summed E-state index contributed by atoms with van der Waals surface area (Å²) in [5, 5.41) is 17.5. The van der Waals surface area contributed by atoms with E-state index in [0.29, 0.717) is 17.9 Å². The Morgan fingerprint density at radius 3 is 2.72 bits per heavy atom. The van der Waals surface area contributed by atoms with Crippen LogP contribution in [-0.4, -0.2) is 16.3 Å². The normalized spacial score (nSPS) is 20.6. The van der Waals surface area contributed by atoms with Crippen molar-refractivity contribution < 1.29 is 13.2 Å². The first-order chi connectivity index (χ1) is 14.0. The molecule has 3 aromatic rings. The zero-order valence-corrected chi connectivity index (χ0v) is 15.4. The van der Waals surface area contributed by atoms with Crippen molar-refractivity contribution in [3.63, 3.8) is 0 Å². The largest absolute Gasteiger partial charge is 0.417 e. The minimum absolute atomic E-state index is 0.0221. The maximum absolute atomic E-state index is 14.1. The highest BCUT2D eigenvalue weighted by Gasteiger charge is 2.39. The number of aromatic nitrogens is 2. The third-order valence-electron chi connectivity index (χ3n) is 5.81. The molecule has 29 heavy (non-hydrogen) atoms. The quantitative estimate of drug-likeness (QED) is 0.553. The van der Waals surface area contributed by atoms with Gasteiger partial charge in [0.25, 0.3) is 0 Å². The summed E-state index contributed by atoms with van der Waals surface area (Å²) in [7, 11) is 0. The second kappa shape index (κ2) is 6.38. The summed E-state index contributed by atoms with van der Waals surface area (Å²) >= 11 is 0. The molecule has 4 nitrogen and oxygen atoms in total. The smallest absolute Gasteiger partial charge is 0.369 e. The lowest BCUT2D eigenvalue weighted by Gasteiger charge is -2.34. The number of anilines is 1. The van der Waals surface area contributed by atoms with Crippen LogP contribution in [0.4, 0.5) is 19.0 Å². The molecule has 1 aliphatic heterocycles. The van der Waals surface area contributed by atoms with Crippen molar-refractivity contribution in [1.82, 2.24) is 9.78 Å². The van der Waals surface area contributed by atoms with Gasteiger partial charge in [0, 0.05) is 18.0 Å². The topological polar surface area (TPSA) is 53.6 Å². The Morgan fingerprint density at radius 1 is 1.21 bits per heavy atom. The van der Waals surface area contributed by atoms with Crippen molar-refractivity contribution in [2.24, 2.45) is 5.92 Å². The molecule has 5 rings (SSSR count). The Balaban J connectivity index is 1.87. The Hall–Kier alpha value is -3.27. The first-order valence-electron chi connectivity index (χ1n) is 9.51. The fourth-order valence-corrected chi connectivity index (χ4v) is 4.45. The summed E-state index contributed by atoms with van der Waals surface area (Å²) in [5.41, 5.74) is 0.310. The first-order valence-corrected chi connectivity index (χ1v) is 9.51. The third kappa shape index (κ3) is 2.70. The van der Waals surface area contributed by atoms with Crippen molar-refractivity contribution in [3.8, 4) is 17.2 Å². The lowest BCUT2D eigenvalue weighted by molar-refractivity contribution is -0.136. The molecule has 1 aliphatic carbocycles. The van der Waals surface area contributed by atoms with Crippen LogP contribution in [0.15, 0.2) is 48.6 Å². The number of nitrogens with one attached hydrogen (secondary N) is 1. The van der Waals surface area contributed by atoms with E-state index in [2.05, 4.69) is 16.5 Å². The average molecular weight is 394 g/mol. The Labute approximate surface area is 165 Å². The van der Waals surface area contributed by atoms with E-state index in [-0.39, 0.29) is 34.0 Å². The second-order valence-corrected chi connectivity index (χ2v) is 7.48. The first kappa shape index (κ1) is 17.8. The van der Waals surface area contributed by atoms with Crippen LogP contribution in [-0.2, 0) is 6.18 Å². The van der Waals surface area contributed by atoms with Gasteiger partial charge in [0.05, 0.1) is 22.6 Å².